The molecule has 0 unspecified atom stereocenters. The topological polar surface area (TPSA) is 72.6 Å². The zero-order chi connectivity index (χ0) is 13.4. The van der Waals surface area contributed by atoms with Gasteiger partial charge in [-0.05, 0) is 37.5 Å². The molecule has 0 radical (unpaired) electrons. The number of halogens is 1. The molecule has 1 aromatic rings. The third kappa shape index (κ3) is 5.14. The third-order valence-electron chi connectivity index (χ3n) is 2.44. The molecule has 4 nitrogen and oxygen atoms in total. The molecule has 1 rings (SSSR count). The van der Waals surface area contributed by atoms with Gasteiger partial charge in [0.05, 0.1) is 12.2 Å². The minimum Gasteiger partial charge on any atom is -0.462 e. The lowest BCUT2D eigenvalue weighted by Gasteiger charge is -2.05. The summed E-state index contributed by atoms with van der Waals surface area (Å²) in [6.07, 6.45) is 3.28. The number of anilines is 1. The van der Waals surface area contributed by atoms with Gasteiger partial charge in [-0.25, -0.2) is 9.18 Å². The minimum absolute atomic E-state index is 0.128. The van der Waals surface area contributed by atoms with Crippen LogP contribution >= 0.6 is 0 Å². The number of aliphatic hydroxyl groups is 1. The Morgan fingerprint density at radius 2 is 1.94 bits per heavy atom. The third-order valence-corrected chi connectivity index (χ3v) is 2.44. The van der Waals surface area contributed by atoms with Gasteiger partial charge in [0, 0.05) is 12.3 Å². The first-order valence-corrected chi connectivity index (χ1v) is 5.97. The van der Waals surface area contributed by atoms with Crippen molar-refractivity contribution in [3.8, 4) is 0 Å². The normalized spacial score (nSPS) is 10.3. The molecule has 0 spiro atoms. The van der Waals surface area contributed by atoms with Gasteiger partial charge < -0.3 is 15.6 Å². The summed E-state index contributed by atoms with van der Waals surface area (Å²) in [4.78, 5) is 11.6. The Balaban J connectivity index is 2.32. The molecule has 0 aliphatic rings. The molecule has 0 atom stereocenters. The van der Waals surface area contributed by atoms with Gasteiger partial charge in [-0.15, -0.1) is 0 Å². The van der Waals surface area contributed by atoms with E-state index in [1.807, 2.05) is 0 Å². The quantitative estimate of drug-likeness (QED) is 0.444. The van der Waals surface area contributed by atoms with E-state index in [9.17, 15) is 9.18 Å². The van der Waals surface area contributed by atoms with Crippen LogP contribution in [0.15, 0.2) is 18.2 Å². The summed E-state index contributed by atoms with van der Waals surface area (Å²) in [7, 11) is 0. The van der Waals surface area contributed by atoms with Gasteiger partial charge in [-0.1, -0.05) is 6.42 Å². The SMILES string of the molecule is Nc1cc(F)cc(C(=O)OCCCCCCO)c1. The molecule has 0 saturated carbocycles. The van der Waals surface area contributed by atoms with E-state index in [4.69, 9.17) is 15.6 Å². The van der Waals surface area contributed by atoms with Crippen molar-refractivity contribution in [1.29, 1.82) is 0 Å². The van der Waals surface area contributed by atoms with Crippen LogP contribution in [0.4, 0.5) is 10.1 Å². The van der Waals surface area contributed by atoms with E-state index in [2.05, 4.69) is 0 Å². The Morgan fingerprint density at radius 1 is 1.22 bits per heavy atom. The van der Waals surface area contributed by atoms with E-state index in [-0.39, 0.29) is 17.9 Å². The van der Waals surface area contributed by atoms with Gasteiger partial charge in [-0.2, -0.15) is 0 Å². The Kier molecular flexibility index (Phi) is 6.14. The second-order valence-corrected chi connectivity index (χ2v) is 4.05. The Labute approximate surface area is 106 Å². The van der Waals surface area contributed by atoms with E-state index in [0.717, 1.165) is 37.8 Å². The lowest BCUT2D eigenvalue weighted by atomic mass is 10.2. The van der Waals surface area contributed by atoms with Gasteiger partial charge in [0.2, 0.25) is 0 Å². The standard InChI is InChI=1S/C13H18FNO3/c14-11-7-10(8-12(15)9-11)13(17)18-6-4-2-1-3-5-16/h7-9,16H,1-6,15H2. The number of carbonyl (C=O) groups excluding carboxylic acids is 1. The van der Waals surface area contributed by atoms with Crippen LogP contribution in [-0.4, -0.2) is 24.3 Å². The Hall–Kier alpha value is -1.62. The fraction of sp³-hybridized carbons (Fsp3) is 0.462. The molecule has 0 amide bonds. The number of hydrogen-bond acceptors (Lipinski definition) is 4. The average Bonchev–Trinajstić information content (AvgIpc) is 2.32. The summed E-state index contributed by atoms with van der Waals surface area (Å²) in [5, 5.41) is 8.58. The Bertz CT molecular complexity index is 376. The number of aliphatic hydroxyl groups excluding tert-OH is 1. The summed E-state index contributed by atoms with van der Waals surface area (Å²) in [5.74, 6) is -1.12. The number of carbonyl (C=O) groups is 1. The monoisotopic (exact) mass is 255 g/mol. The summed E-state index contributed by atoms with van der Waals surface area (Å²) >= 11 is 0. The maximum atomic E-state index is 13.0. The first-order valence-electron chi connectivity index (χ1n) is 5.97. The highest BCUT2D eigenvalue weighted by Crippen LogP contribution is 2.12. The fourth-order valence-electron chi connectivity index (χ4n) is 1.55. The maximum Gasteiger partial charge on any atom is 0.338 e. The zero-order valence-corrected chi connectivity index (χ0v) is 10.2. The van der Waals surface area contributed by atoms with Crippen LogP contribution in [0.25, 0.3) is 0 Å². The van der Waals surface area contributed by atoms with Crippen LogP contribution in [0, 0.1) is 5.82 Å². The first-order chi connectivity index (χ1) is 8.63. The van der Waals surface area contributed by atoms with E-state index >= 15 is 0 Å². The van der Waals surface area contributed by atoms with Gasteiger partial charge in [-0.3, -0.25) is 0 Å². The number of nitrogens with two attached hydrogens (primary N) is 1. The highest BCUT2D eigenvalue weighted by molar-refractivity contribution is 5.90. The largest absolute Gasteiger partial charge is 0.462 e. The zero-order valence-electron chi connectivity index (χ0n) is 10.2. The van der Waals surface area contributed by atoms with Gasteiger partial charge in [0.15, 0.2) is 0 Å². The van der Waals surface area contributed by atoms with Crippen molar-refractivity contribution in [2.45, 2.75) is 25.7 Å². The van der Waals surface area contributed by atoms with E-state index in [1.165, 1.54) is 6.07 Å². The number of esters is 1. The van der Waals surface area contributed by atoms with Crippen LogP contribution in [0.2, 0.25) is 0 Å². The summed E-state index contributed by atoms with van der Waals surface area (Å²) in [6, 6.07) is 3.63. The van der Waals surface area contributed by atoms with Gasteiger partial charge >= 0.3 is 5.97 Å². The number of nitrogen functional groups attached to an aromatic ring is 1. The van der Waals surface area contributed by atoms with Gasteiger partial charge in [0.25, 0.3) is 0 Å². The van der Waals surface area contributed by atoms with Crippen molar-refractivity contribution in [1.82, 2.24) is 0 Å². The van der Waals surface area contributed by atoms with Crippen molar-refractivity contribution in [2.75, 3.05) is 18.9 Å². The van der Waals surface area contributed by atoms with Crippen molar-refractivity contribution in [3.05, 3.63) is 29.6 Å². The molecule has 0 heterocycles. The molecule has 5 heteroatoms. The predicted octanol–water partition coefficient (Wildman–Crippen LogP) is 2.12. The van der Waals surface area contributed by atoms with Crippen LogP contribution < -0.4 is 5.73 Å². The molecule has 3 N–H and O–H groups in total. The number of unbranched alkanes of at least 4 members (excludes halogenated alkanes) is 3. The Morgan fingerprint density at radius 3 is 2.61 bits per heavy atom. The van der Waals surface area contributed by atoms with Crippen molar-refractivity contribution in [3.63, 3.8) is 0 Å². The average molecular weight is 255 g/mol. The van der Waals surface area contributed by atoms with Crippen molar-refractivity contribution >= 4 is 11.7 Å². The minimum atomic E-state index is -0.566. The first kappa shape index (κ1) is 14.4. The van der Waals surface area contributed by atoms with E-state index < -0.39 is 11.8 Å². The number of hydrogen-bond donors (Lipinski definition) is 2. The molecule has 0 aliphatic carbocycles. The molecule has 1 aromatic carbocycles. The molecule has 0 saturated heterocycles. The predicted molar refractivity (Wildman–Crippen MR) is 66.6 cm³/mol. The summed E-state index contributed by atoms with van der Waals surface area (Å²) in [5.41, 5.74) is 5.76. The van der Waals surface area contributed by atoms with Crippen LogP contribution in [-0.2, 0) is 4.74 Å². The lowest BCUT2D eigenvalue weighted by Crippen LogP contribution is -2.07. The lowest BCUT2D eigenvalue weighted by molar-refractivity contribution is 0.0496. The molecule has 0 fully saturated rings. The molecular formula is C13H18FNO3. The maximum absolute atomic E-state index is 13.0. The molecule has 0 bridgehead atoms. The highest BCUT2D eigenvalue weighted by atomic mass is 19.1. The molecule has 0 aromatic heterocycles. The molecule has 18 heavy (non-hydrogen) atoms. The van der Waals surface area contributed by atoms with Crippen LogP contribution in [0.1, 0.15) is 36.0 Å². The van der Waals surface area contributed by atoms with Gasteiger partial charge in [0.1, 0.15) is 5.82 Å². The highest BCUT2D eigenvalue weighted by Gasteiger charge is 2.09. The molecular weight excluding hydrogens is 237 g/mol. The fourth-order valence-corrected chi connectivity index (χ4v) is 1.55. The van der Waals surface area contributed by atoms with Crippen LogP contribution in [0.3, 0.4) is 0 Å². The second-order valence-electron chi connectivity index (χ2n) is 4.05. The van der Waals surface area contributed by atoms with Crippen molar-refractivity contribution < 1.29 is 19.0 Å². The van der Waals surface area contributed by atoms with Crippen LogP contribution in [0.5, 0.6) is 0 Å². The number of ether oxygens (including phenoxy) is 1. The second kappa shape index (κ2) is 7.66. The molecule has 0 aliphatic heterocycles. The van der Waals surface area contributed by atoms with Crippen molar-refractivity contribution in [2.24, 2.45) is 0 Å². The van der Waals surface area contributed by atoms with E-state index in [0.29, 0.717) is 6.61 Å². The molecule has 100 valence electrons. The smallest absolute Gasteiger partial charge is 0.338 e. The number of rotatable bonds is 7. The van der Waals surface area contributed by atoms with E-state index in [1.54, 1.807) is 0 Å². The summed E-state index contributed by atoms with van der Waals surface area (Å²) < 4.78 is 18.0. The summed E-state index contributed by atoms with van der Waals surface area (Å²) in [6.45, 7) is 0.475. The number of benzene rings is 1.